The lowest BCUT2D eigenvalue weighted by Gasteiger charge is -2.21. The Labute approximate surface area is 173 Å². The smallest absolute Gasteiger partial charge is 0.326 e. The van der Waals surface area contributed by atoms with Crippen molar-refractivity contribution in [2.24, 2.45) is 0 Å². The predicted octanol–water partition coefficient (Wildman–Crippen LogP) is 2.69. The molecule has 1 heterocycles. The van der Waals surface area contributed by atoms with E-state index in [0.717, 1.165) is 10.5 Å². The van der Waals surface area contributed by atoms with E-state index in [4.69, 9.17) is 9.47 Å². The fourth-order valence-corrected chi connectivity index (χ4v) is 3.12. The monoisotopic (exact) mass is 414 g/mol. The summed E-state index contributed by atoms with van der Waals surface area (Å²) in [7, 11) is 0. The first kappa shape index (κ1) is 21.3. The minimum absolute atomic E-state index is 0.0618. The predicted molar refractivity (Wildman–Crippen MR) is 106 cm³/mol. The van der Waals surface area contributed by atoms with Crippen molar-refractivity contribution in [1.29, 1.82) is 0 Å². The molecule has 0 unspecified atom stereocenters. The van der Waals surface area contributed by atoms with E-state index in [1.54, 1.807) is 6.92 Å². The number of carbonyl (C=O) groups excluding carboxylic acids is 3. The average Bonchev–Trinajstić information content (AvgIpc) is 2.95. The summed E-state index contributed by atoms with van der Waals surface area (Å²) in [4.78, 5) is 37.8. The van der Waals surface area contributed by atoms with Gasteiger partial charge in [0.2, 0.25) is 0 Å². The third-order valence-corrected chi connectivity index (χ3v) is 4.82. The summed E-state index contributed by atoms with van der Waals surface area (Å²) < 4.78 is 23.2. The number of nitrogens with one attached hydrogen (secondary N) is 1. The molecule has 30 heavy (non-hydrogen) atoms. The van der Waals surface area contributed by atoms with Gasteiger partial charge in [-0.25, -0.2) is 9.18 Å². The third kappa shape index (κ3) is 5.34. The second kappa shape index (κ2) is 9.39. The highest BCUT2D eigenvalue weighted by Gasteiger charge is 2.48. The largest absolute Gasteiger partial charge is 0.490 e. The van der Waals surface area contributed by atoms with Gasteiger partial charge in [-0.1, -0.05) is 30.3 Å². The first-order valence-corrected chi connectivity index (χ1v) is 9.59. The molecule has 0 spiro atoms. The van der Waals surface area contributed by atoms with Crippen molar-refractivity contribution < 1.29 is 28.2 Å². The van der Waals surface area contributed by atoms with Gasteiger partial charge in [-0.3, -0.25) is 14.5 Å². The van der Waals surface area contributed by atoms with Gasteiger partial charge >= 0.3 is 12.0 Å². The van der Waals surface area contributed by atoms with E-state index in [0.29, 0.717) is 18.6 Å². The molecule has 3 amide bonds. The number of esters is 1. The highest BCUT2D eigenvalue weighted by molar-refractivity contribution is 6.08. The van der Waals surface area contributed by atoms with Crippen molar-refractivity contribution in [1.82, 2.24) is 10.2 Å². The molecule has 2 aromatic carbocycles. The molecule has 3 rings (SSSR count). The van der Waals surface area contributed by atoms with Gasteiger partial charge in [-0.05, 0) is 49.6 Å². The maximum Gasteiger partial charge on any atom is 0.326 e. The number of hydrogen-bond acceptors (Lipinski definition) is 5. The number of aryl methyl sites for hydroxylation is 1. The first-order chi connectivity index (χ1) is 14.4. The second-order valence-electron chi connectivity index (χ2n) is 7.16. The normalized spacial score (nSPS) is 18.3. The van der Waals surface area contributed by atoms with Crippen molar-refractivity contribution in [3.8, 4) is 5.75 Å². The molecule has 158 valence electrons. The Bertz CT molecular complexity index is 904. The fraction of sp³-hybridized carbons (Fsp3) is 0.318. The number of urea groups is 1. The Hall–Kier alpha value is -3.42. The van der Waals surface area contributed by atoms with Crippen LogP contribution in [0.25, 0.3) is 0 Å². The molecule has 1 atom stereocenters. The van der Waals surface area contributed by atoms with Crippen molar-refractivity contribution >= 4 is 17.9 Å². The van der Waals surface area contributed by atoms with Crippen LogP contribution in [-0.4, -0.2) is 48.1 Å². The molecular weight excluding hydrogens is 391 g/mol. The zero-order chi connectivity index (χ0) is 21.6. The molecule has 2 aromatic rings. The minimum atomic E-state index is -1.07. The van der Waals surface area contributed by atoms with Crippen molar-refractivity contribution in [3.63, 3.8) is 0 Å². The van der Waals surface area contributed by atoms with Crippen LogP contribution in [0.3, 0.4) is 0 Å². The number of carbonyl (C=O) groups is 3. The van der Waals surface area contributed by atoms with Gasteiger partial charge in [0.1, 0.15) is 36.9 Å². The summed E-state index contributed by atoms with van der Waals surface area (Å²) in [5, 5.41) is 2.67. The molecule has 0 radical (unpaired) electrons. The molecule has 7 nitrogen and oxygen atoms in total. The standard InChI is InChI=1S/C22H23FN2O5/c1-22(12-11-16-5-3-2-4-6-16)20(27)25(21(28)24-22)15-19(26)30-14-13-29-18-9-7-17(23)8-10-18/h2-10H,11-15H2,1H3,(H,24,28)/t22-/m0/s1. The average molecular weight is 414 g/mol. The summed E-state index contributed by atoms with van der Waals surface area (Å²) in [6, 6.07) is 14.5. The number of benzene rings is 2. The molecule has 1 aliphatic heterocycles. The summed E-state index contributed by atoms with van der Waals surface area (Å²) in [6.07, 6.45) is 1.03. The molecule has 8 heteroatoms. The van der Waals surface area contributed by atoms with Crippen molar-refractivity contribution in [3.05, 3.63) is 66.0 Å². The van der Waals surface area contributed by atoms with E-state index in [9.17, 15) is 18.8 Å². The minimum Gasteiger partial charge on any atom is -0.490 e. The van der Waals surface area contributed by atoms with Gasteiger partial charge in [0.25, 0.3) is 5.91 Å². The van der Waals surface area contributed by atoms with Gasteiger partial charge < -0.3 is 14.8 Å². The van der Waals surface area contributed by atoms with Crippen LogP contribution in [0.4, 0.5) is 9.18 Å². The Morgan fingerprint density at radius 1 is 1.07 bits per heavy atom. The van der Waals surface area contributed by atoms with E-state index >= 15 is 0 Å². The summed E-state index contributed by atoms with van der Waals surface area (Å²) in [5.74, 6) is -1.11. The van der Waals surface area contributed by atoms with Crippen LogP contribution >= 0.6 is 0 Å². The van der Waals surface area contributed by atoms with Gasteiger partial charge in [-0.2, -0.15) is 0 Å². The number of imide groups is 1. The molecule has 1 saturated heterocycles. The zero-order valence-electron chi connectivity index (χ0n) is 16.6. The van der Waals surface area contributed by atoms with E-state index in [-0.39, 0.29) is 19.0 Å². The number of rotatable bonds is 9. The number of ether oxygens (including phenoxy) is 2. The topological polar surface area (TPSA) is 84.9 Å². The number of halogens is 1. The molecule has 1 fully saturated rings. The highest BCUT2D eigenvalue weighted by Crippen LogP contribution is 2.23. The van der Waals surface area contributed by atoms with Crippen LogP contribution in [0, 0.1) is 5.82 Å². The third-order valence-electron chi connectivity index (χ3n) is 4.82. The Kier molecular flexibility index (Phi) is 6.66. The van der Waals surface area contributed by atoms with Gasteiger partial charge in [0.15, 0.2) is 0 Å². The Morgan fingerprint density at radius 3 is 2.47 bits per heavy atom. The number of hydrogen-bond donors (Lipinski definition) is 1. The van der Waals surface area contributed by atoms with Crippen LogP contribution in [0.15, 0.2) is 54.6 Å². The number of nitrogens with zero attached hydrogens (tertiary/aromatic N) is 1. The second-order valence-corrected chi connectivity index (χ2v) is 7.16. The molecule has 1 N–H and O–H groups in total. The van der Waals surface area contributed by atoms with Crippen molar-refractivity contribution in [2.45, 2.75) is 25.3 Å². The molecular formula is C22H23FN2O5. The lowest BCUT2D eigenvalue weighted by molar-refractivity contribution is -0.148. The summed E-state index contributed by atoms with van der Waals surface area (Å²) in [6.45, 7) is 1.18. The molecule has 0 aromatic heterocycles. The maximum atomic E-state index is 12.8. The SMILES string of the molecule is C[C@@]1(CCc2ccccc2)NC(=O)N(CC(=O)OCCOc2ccc(F)cc2)C1=O. The quantitative estimate of drug-likeness (QED) is 0.387. The lowest BCUT2D eigenvalue weighted by atomic mass is 9.93. The van der Waals surface area contributed by atoms with Gasteiger partial charge in [0.05, 0.1) is 0 Å². The fourth-order valence-electron chi connectivity index (χ4n) is 3.12. The van der Waals surface area contributed by atoms with Gasteiger partial charge in [-0.15, -0.1) is 0 Å². The van der Waals surface area contributed by atoms with Gasteiger partial charge in [0, 0.05) is 0 Å². The van der Waals surface area contributed by atoms with E-state index < -0.39 is 30.0 Å². The van der Waals surface area contributed by atoms with Crippen LogP contribution in [0.2, 0.25) is 0 Å². The lowest BCUT2D eigenvalue weighted by Crippen LogP contribution is -2.44. The van der Waals surface area contributed by atoms with Crippen LogP contribution < -0.4 is 10.1 Å². The first-order valence-electron chi connectivity index (χ1n) is 9.59. The molecule has 0 aliphatic carbocycles. The molecule has 1 aliphatic rings. The maximum absolute atomic E-state index is 12.8. The van der Waals surface area contributed by atoms with Crippen molar-refractivity contribution in [2.75, 3.05) is 19.8 Å². The van der Waals surface area contributed by atoms with E-state index in [1.807, 2.05) is 30.3 Å². The summed E-state index contributed by atoms with van der Waals surface area (Å²) in [5.41, 5.74) is -0.0152. The van der Waals surface area contributed by atoms with Crippen LogP contribution in [-0.2, 0) is 20.7 Å². The zero-order valence-corrected chi connectivity index (χ0v) is 16.6. The van der Waals surface area contributed by atoms with Crippen LogP contribution in [0.5, 0.6) is 5.75 Å². The number of amides is 3. The highest BCUT2D eigenvalue weighted by atomic mass is 19.1. The Morgan fingerprint density at radius 2 is 1.77 bits per heavy atom. The molecule has 0 saturated carbocycles. The summed E-state index contributed by atoms with van der Waals surface area (Å²) >= 11 is 0. The van der Waals surface area contributed by atoms with Crippen LogP contribution in [0.1, 0.15) is 18.9 Å². The molecule has 0 bridgehead atoms. The van der Waals surface area contributed by atoms with E-state index in [2.05, 4.69) is 5.32 Å². The Balaban J connectivity index is 1.44. The van der Waals surface area contributed by atoms with E-state index in [1.165, 1.54) is 24.3 Å².